The van der Waals surface area contributed by atoms with Gasteiger partial charge in [-0.15, -0.1) is 11.8 Å². The van der Waals surface area contributed by atoms with E-state index in [1.54, 1.807) is 18.9 Å². The van der Waals surface area contributed by atoms with E-state index in [1.165, 1.54) is 16.2 Å². The highest BCUT2D eigenvalue weighted by molar-refractivity contribution is 8.00. The minimum atomic E-state index is -0.927. The van der Waals surface area contributed by atoms with Gasteiger partial charge < -0.3 is 14.8 Å². The average molecular weight is 501 g/mol. The number of methoxy groups -OCH3 is 1. The van der Waals surface area contributed by atoms with Crippen molar-refractivity contribution in [2.24, 2.45) is 29.6 Å². The normalized spacial score (nSPS) is 33.1. The summed E-state index contributed by atoms with van der Waals surface area (Å²) in [6, 6.07) is 7.92. The summed E-state index contributed by atoms with van der Waals surface area (Å²) in [5, 5.41) is 9.98. The lowest BCUT2D eigenvalue weighted by molar-refractivity contribution is -0.142. The number of thioether (sulfide) groups is 1. The third kappa shape index (κ3) is 3.11. The number of imide groups is 1. The smallest absolute Gasteiger partial charge is 0.305 e. The van der Waals surface area contributed by atoms with E-state index in [-0.39, 0.29) is 76.8 Å². The fourth-order valence-electron chi connectivity index (χ4n) is 6.87. The summed E-state index contributed by atoms with van der Waals surface area (Å²) in [5.41, 5.74) is 1.09. The monoisotopic (exact) mass is 500 g/mol. The second-order valence-electron chi connectivity index (χ2n) is 9.56. The van der Waals surface area contributed by atoms with E-state index in [1.807, 2.05) is 24.3 Å². The number of aliphatic carboxylic acids is 1. The van der Waals surface area contributed by atoms with Crippen molar-refractivity contribution in [3.8, 4) is 5.75 Å². The summed E-state index contributed by atoms with van der Waals surface area (Å²) < 4.78 is 5.33. The Kier molecular flexibility index (Phi) is 5.14. The first-order valence-corrected chi connectivity index (χ1v) is 13.2. The Morgan fingerprint density at radius 2 is 1.85 bits per heavy atom. The Labute approximate surface area is 203 Å². The number of fused-ring (bicyclic) bond motifs is 9. The highest BCUT2D eigenvalue weighted by Crippen LogP contribution is 2.68. The van der Waals surface area contributed by atoms with Crippen LogP contribution in [0.4, 0.5) is 0 Å². The third-order valence-electron chi connectivity index (χ3n) is 8.06. The van der Waals surface area contributed by atoms with Gasteiger partial charge in [-0.25, -0.2) is 0 Å². The number of benzene rings is 1. The molecule has 2 saturated carbocycles. The van der Waals surface area contributed by atoms with Crippen LogP contribution in [0.3, 0.4) is 0 Å². The van der Waals surface area contributed by atoms with Crippen LogP contribution in [0.15, 0.2) is 34.1 Å². The number of carbonyl (C=O) groups excluding carboxylic acids is 2. The highest BCUT2D eigenvalue weighted by atomic mass is 32.2. The van der Waals surface area contributed by atoms with Gasteiger partial charge in [0.15, 0.2) is 0 Å². The first kappa shape index (κ1) is 21.9. The number of ether oxygens (including phenoxy) is 1. The Balaban J connectivity index is 1.36. The van der Waals surface area contributed by atoms with Gasteiger partial charge >= 0.3 is 10.8 Å². The van der Waals surface area contributed by atoms with Crippen LogP contribution in [-0.2, 0) is 14.4 Å². The average Bonchev–Trinajstić information content (AvgIpc) is 3.54. The molecule has 34 heavy (non-hydrogen) atoms. The molecule has 3 heterocycles. The molecule has 8 nitrogen and oxygen atoms in total. The van der Waals surface area contributed by atoms with Crippen molar-refractivity contribution in [3.63, 3.8) is 0 Å². The molecule has 6 rings (SSSR count). The number of hydrogen-bond acceptors (Lipinski definition) is 7. The maximum atomic E-state index is 13.4. The molecule has 7 atom stereocenters. The van der Waals surface area contributed by atoms with Crippen molar-refractivity contribution in [2.75, 3.05) is 13.7 Å². The number of aromatic amines is 1. The Hall–Kier alpha value is -2.59. The molecule has 0 radical (unpaired) electrons. The van der Waals surface area contributed by atoms with Gasteiger partial charge in [0.1, 0.15) is 5.75 Å². The zero-order valence-electron chi connectivity index (χ0n) is 18.4. The molecule has 2 N–H and O–H groups in total. The molecule has 4 aliphatic rings. The third-order valence-corrected chi connectivity index (χ3v) is 10.7. The molecule has 2 aliphatic carbocycles. The zero-order chi connectivity index (χ0) is 23.7. The molecule has 1 saturated heterocycles. The van der Waals surface area contributed by atoms with E-state index in [2.05, 4.69) is 4.98 Å². The van der Waals surface area contributed by atoms with Gasteiger partial charge in [-0.3, -0.25) is 24.1 Å². The number of H-pyrrole nitrogens is 1. The first-order chi connectivity index (χ1) is 16.4. The van der Waals surface area contributed by atoms with E-state index >= 15 is 0 Å². The SMILES string of the molecule is COc1ccc([C@@H]2c3sc(=O)[nH]c3S[C@@H]3[C@H]4C[C@@H]([C@@H]5C(=O)N(CCCC(=O)O)C(=O)[C@@H]45)[C@H]23)cc1. The van der Waals surface area contributed by atoms with Gasteiger partial charge in [0.2, 0.25) is 11.8 Å². The lowest BCUT2D eigenvalue weighted by atomic mass is 9.68. The fraction of sp³-hybridized carbons (Fsp3) is 0.500. The topological polar surface area (TPSA) is 117 Å². The Morgan fingerprint density at radius 1 is 1.15 bits per heavy atom. The molecule has 0 spiro atoms. The van der Waals surface area contributed by atoms with Crippen molar-refractivity contribution in [1.29, 1.82) is 0 Å². The number of hydrogen-bond donors (Lipinski definition) is 2. The van der Waals surface area contributed by atoms with Crippen LogP contribution in [0.25, 0.3) is 0 Å². The lowest BCUT2D eigenvalue weighted by Crippen LogP contribution is -2.42. The summed E-state index contributed by atoms with van der Waals surface area (Å²) in [7, 11) is 1.62. The molecule has 2 aromatic rings. The summed E-state index contributed by atoms with van der Waals surface area (Å²) in [4.78, 5) is 55.1. The maximum absolute atomic E-state index is 13.4. The molecule has 3 fully saturated rings. The van der Waals surface area contributed by atoms with Crippen LogP contribution in [0.5, 0.6) is 5.75 Å². The second-order valence-corrected chi connectivity index (χ2v) is 11.8. The fourth-order valence-corrected chi connectivity index (χ4v) is 9.76. The molecular formula is C24H24N2O6S2. The molecular weight excluding hydrogens is 476 g/mol. The number of likely N-dealkylation sites (tertiary alicyclic amines) is 1. The maximum Gasteiger partial charge on any atom is 0.305 e. The summed E-state index contributed by atoms with van der Waals surface area (Å²) in [6.07, 6.45) is 1.05. The number of carbonyl (C=O) groups is 3. The predicted octanol–water partition coefficient (Wildman–Crippen LogP) is 2.78. The molecule has 2 amide bonds. The summed E-state index contributed by atoms with van der Waals surface area (Å²) >= 11 is 2.90. The molecule has 10 heteroatoms. The number of carboxylic acid groups (broad SMARTS) is 1. The number of nitrogens with zero attached hydrogens (tertiary/aromatic N) is 1. The van der Waals surface area contributed by atoms with Crippen LogP contribution in [0.2, 0.25) is 0 Å². The second kappa shape index (κ2) is 7.98. The van der Waals surface area contributed by atoms with Gasteiger partial charge in [0, 0.05) is 29.0 Å². The van der Waals surface area contributed by atoms with Crippen molar-refractivity contribution in [2.45, 2.75) is 35.5 Å². The number of carboxylic acids is 1. The zero-order valence-corrected chi connectivity index (χ0v) is 20.1. The molecule has 178 valence electrons. The van der Waals surface area contributed by atoms with Crippen LogP contribution < -0.4 is 9.61 Å². The number of nitrogens with one attached hydrogen (secondary N) is 1. The summed E-state index contributed by atoms with van der Waals surface area (Å²) in [6.45, 7) is 0.168. The van der Waals surface area contributed by atoms with Crippen LogP contribution in [-0.4, -0.2) is 51.7 Å². The van der Waals surface area contributed by atoms with Crippen LogP contribution in [0, 0.1) is 29.6 Å². The Morgan fingerprint density at radius 3 is 2.53 bits per heavy atom. The quantitative estimate of drug-likeness (QED) is 0.586. The van der Waals surface area contributed by atoms with Crippen molar-refractivity contribution < 1.29 is 24.2 Å². The van der Waals surface area contributed by atoms with Crippen molar-refractivity contribution in [3.05, 3.63) is 44.4 Å². The minimum Gasteiger partial charge on any atom is -0.497 e. The van der Waals surface area contributed by atoms with E-state index in [9.17, 15) is 19.2 Å². The largest absolute Gasteiger partial charge is 0.497 e. The Bertz CT molecular complexity index is 1240. The summed E-state index contributed by atoms with van der Waals surface area (Å²) in [5.74, 6) is -0.861. The van der Waals surface area contributed by atoms with Gasteiger partial charge in [0.05, 0.1) is 24.0 Å². The van der Waals surface area contributed by atoms with Crippen LogP contribution in [0.1, 0.15) is 35.6 Å². The van der Waals surface area contributed by atoms with Gasteiger partial charge in [-0.05, 0) is 48.3 Å². The number of aromatic nitrogens is 1. The van der Waals surface area contributed by atoms with Crippen LogP contribution >= 0.6 is 23.1 Å². The molecule has 1 aromatic heterocycles. The minimum absolute atomic E-state index is 0.0176. The van der Waals surface area contributed by atoms with Crippen molar-refractivity contribution >= 4 is 40.9 Å². The van der Waals surface area contributed by atoms with E-state index < -0.39 is 5.97 Å². The van der Waals surface area contributed by atoms with Gasteiger partial charge in [-0.1, -0.05) is 23.5 Å². The lowest BCUT2D eigenvalue weighted by Gasteiger charge is -2.43. The van der Waals surface area contributed by atoms with Gasteiger partial charge in [0.25, 0.3) is 0 Å². The molecule has 1 aromatic carbocycles. The first-order valence-electron chi connectivity index (χ1n) is 11.5. The highest BCUT2D eigenvalue weighted by Gasteiger charge is 2.69. The molecule has 2 bridgehead atoms. The number of thiazole rings is 1. The van der Waals surface area contributed by atoms with E-state index in [0.29, 0.717) is 0 Å². The number of rotatable bonds is 6. The van der Waals surface area contributed by atoms with E-state index in [4.69, 9.17) is 9.84 Å². The molecule has 0 unspecified atom stereocenters. The number of amides is 2. The standard InChI is InChI=1S/C24H24N2O6S2/c1-32-11-6-4-10(5-7-11)15-16-12-9-13(19(16)33-21-20(15)34-24(31)25-21)18-17(12)22(29)26(23(18)30)8-2-3-14(27)28/h4-7,12-13,15-19H,2-3,8-9H2,1H3,(H,25,31)(H,27,28)/t12-,13+,15+,16-,17+,18+,19-/m1/s1. The molecule has 2 aliphatic heterocycles. The van der Waals surface area contributed by atoms with E-state index in [0.717, 1.165) is 27.6 Å². The predicted molar refractivity (Wildman–Crippen MR) is 125 cm³/mol. The van der Waals surface area contributed by atoms with Gasteiger partial charge in [-0.2, -0.15) is 0 Å². The van der Waals surface area contributed by atoms with Crippen molar-refractivity contribution in [1.82, 2.24) is 9.88 Å².